The van der Waals surface area contributed by atoms with Crippen LogP contribution in [0, 0.1) is 11.7 Å². The molecule has 232 valence electrons. The molecular formula is C31H35F4N3O5. The Bertz CT molecular complexity index is 1410. The van der Waals surface area contributed by atoms with E-state index in [4.69, 9.17) is 4.74 Å². The fourth-order valence-electron chi connectivity index (χ4n) is 7.08. The molecule has 1 aliphatic carbocycles. The largest absolute Gasteiger partial charge is 0.478 e. The summed E-state index contributed by atoms with van der Waals surface area (Å²) in [5.74, 6) is -2.31. The molecule has 0 radical (unpaired) electrons. The number of nitrogens with zero attached hydrogens (tertiary/aromatic N) is 3. The van der Waals surface area contributed by atoms with Crippen molar-refractivity contribution in [1.82, 2.24) is 9.80 Å². The van der Waals surface area contributed by atoms with Gasteiger partial charge in [-0.3, -0.25) is 9.69 Å². The zero-order chi connectivity index (χ0) is 30.7. The minimum atomic E-state index is -4.52. The van der Waals surface area contributed by atoms with Gasteiger partial charge in [-0.05, 0) is 80.0 Å². The third-order valence-corrected chi connectivity index (χ3v) is 9.54. The molecule has 1 amide bonds. The predicted molar refractivity (Wildman–Crippen MR) is 148 cm³/mol. The lowest BCUT2D eigenvalue weighted by Crippen LogP contribution is -2.61. The van der Waals surface area contributed by atoms with E-state index in [2.05, 4.69) is 9.80 Å². The lowest BCUT2D eigenvalue weighted by atomic mass is 9.84. The maximum absolute atomic E-state index is 14.0. The van der Waals surface area contributed by atoms with Crippen LogP contribution in [0.1, 0.15) is 65.8 Å². The number of carbonyl (C=O) groups is 2. The summed E-state index contributed by atoms with van der Waals surface area (Å²) in [6.07, 6.45) is -2.72. The molecule has 3 aliphatic heterocycles. The highest BCUT2D eigenvalue weighted by molar-refractivity contribution is 5.89. The van der Waals surface area contributed by atoms with E-state index >= 15 is 0 Å². The van der Waals surface area contributed by atoms with Crippen molar-refractivity contribution in [1.29, 1.82) is 0 Å². The Labute approximate surface area is 246 Å². The van der Waals surface area contributed by atoms with Crippen LogP contribution in [-0.4, -0.2) is 82.4 Å². The maximum Gasteiger partial charge on any atom is 0.416 e. The first kappa shape index (κ1) is 29.8. The molecule has 2 N–H and O–H groups in total. The number of aliphatic hydroxyl groups excluding tert-OH is 1. The van der Waals surface area contributed by atoms with Crippen LogP contribution in [0.25, 0.3) is 0 Å². The average Bonchev–Trinajstić information content (AvgIpc) is 3.82. The fraction of sp³-hybridized carbons (Fsp3) is 0.548. The van der Waals surface area contributed by atoms with Crippen LogP contribution in [0.5, 0.6) is 0 Å². The van der Waals surface area contributed by atoms with Gasteiger partial charge >= 0.3 is 12.1 Å². The summed E-state index contributed by atoms with van der Waals surface area (Å²) in [7, 11) is 0. The topological polar surface area (TPSA) is 93.6 Å². The molecule has 4 aliphatic rings. The fourth-order valence-corrected chi connectivity index (χ4v) is 7.08. The monoisotopic (exact) mass is 605 g/mol. The van der Waals surface area contributed by atoms with Gasteiger partial charge in [0.05, 0.1) is 30.4 Å². The van der Waals surface area contributed by atoms with E-state index in [9.17, 15) is 37.4 Å². The number of anilines is 1. The van der Waals surface area contributed by atoms with Crippen molar-refractivity contribution in [3.05, 3.63) is 64.5 Å². The Hall–Kier alpha value is -3.22. The van der Waals surface area contributed by atoms with Gasteiger partial charge in [0.15, 0.2) is 0 Å². The third kappa shape index (κ3) is 5.60. The number of ether oxygens (including phenoxy) is 1. The number of aliphatic hydroxyl groups is 1. The molecule has 6 rings (SSSR count). The van der Waals surface area contributed by atoms with Crippen molar-refractivity contribution in [2.24, 2.45) is 5.92 Å². The second-order valence-electron chi connectivity index (χ2n) is 12.3. The Morgan fingerprint density at radius 3 is 2.44 bits per heavy atom. The SMILES string of the molecule is CC1CN([C@@H]2CC[C@@](C(=O)N3Cc4cc(C(F)(F)F)ccc4C(O)C3)(C3CC3)OC2)CCN1c1ccc(F)c(C(=O)O)c1. The van der Waals surface area contributed by atoms with E-state index in [1.807, 2.05) is 6.92 Å². The minimum Gasteiger partial charge on any atom is -0.478 e. The van der Waals surface area contributed by atoms with E-state index in [-0.39, 0.29) is 42.6 Å². The van der Waals surface area contributed by atoms with Crippen LogP contribution < -0.4 is 4.90 Å². The van der Waals surface area contributed by atoms with Gasteiger partial charge in [0, 0.05) is 44.0 Å². The van der Waals surface area contributed by atoms with E-state index < -0.39 is 35.2 Å². The Morgan fingerprint density at radius 2 is 1.81 bits per heavy atom. The number of benzene rings is 2. The number of aromatic carboxylic acids is 1. The Morgan fingerprint density at radius 1 is 1.05 bits per heavy atom. The number of piperazine rings is 1. The quantitative estimate of drug-likeness (QED) is 0.487. The van der Waals surface area contributed by atoms with Gasteiger partial charge in [-0.25, -0.2) is 9.18 Å². The maximum atomic E-state index is 14.0. The molecule has 2 saturated heterocycles. The number of alkyl halides is 3. The van der Waals surface area contributed by atoms with Crippen LogP contribution in [0.4, 0.5) is 23.2 Å². The number of carbonyl (C=O) groups excluding carboxylic acids is 1. The summed E-state index contributed by atoms with van der Waals surface area (Å²) in [6.45, 7) is 4.32. The summed E-state index contributed by atoms with van der Waals surface area (Å²) in [6, 6.07) is 7.50. The number of carboxylic acids is 1. The first-order valence-electron chi connectivity index (χ1n) is 14.7. The van der Waals surface area contributed by atoms with Gasteiger partial charge in [-0.15, -0.1) is 0 Å². The zero-order valence-corrected chi connectivity index (χ0v) is 23.8. The summed E-state index contributed by atoms with van der Waals surface area (Å²) in [5.41, 5.74) is -0.863. The number of halogens is 4. The molecule has 12 heteroatoms. The Kier molecular flexibility index (Phi) is 7.67. The normalized spacial score (nSPS) is 28.5. The number of carboxylic acid groups (broad SMARTS) is 1. The molecule has 0 bridgehead atoms. The number of rotatable bonds is 5. The van der Waals surface area contributed by atoms with E-state index in [1.54, 1.807) is 6.07 Å². The number of β-amino-alcohol motifs (C(OH)–C–C–N with tert-alkyl or cyclic N) is 1. The molecule has 43 heavy (non-hydrogen) atoms. The van der Waals surface area contributed by atoms with Gasteiger partial charge in [0.1, 0.15) is 11.4 Å². The highest BCUT2D eigenvalue weighted by Gasteiger charge is 2.56. The van der Waals surface area contributed by atoms with Crippen LogP contribution in [0.2, 0.25) is 0 Å². The highest BCUT2D eigenvalue weighted by Crippen LogP contribution is 2.49. The first-order valence-corrected chi connectivity index (χ1v) is 14.7. The molecule has 4 atom stereocenters. The second-order valence-corrected chi connectivity index (χ2v) is 12.3. The molecule has 2 unspecified atom stereocenters. The van der Waals surface area contributed by atoms with Gasteiger partial charge in [-0.1, -0.05) is 6.07 Å². The molecule has 3 fully saturated rings. The van der Waals surface area contributed by atoms with Crippen molar-refractivity contribution < 1.29 is 42.1 Å². The lowest BCUT2D eigenvalue weighted by molar-refractivity contribution is -0.178. The Balaban J connectivity index is 1.12. The molecule has 2 aromatic rings. The van der Waals surface area contributed by atoms with E-state index in [0.29, 0.717) is 55.9 Å². The molecule has 0 spiro atoms. The molecule has 2 aromatic carbocycles. The molecular weight excluding hydrogens is 570 g/mol. The number of amides is 1. The number of hydrogen-bond acceptors (Lipinski definition) is 6. The van der Waals surface area contributed by atoms with E-state index in [1.165, 1.54) is 23.1 Å². The highest BCUT2D eigenvalue weighted by atomic mass is 19.4. The van der Waals surface area contributed by atoms with Gasteiger partial charge in [0.25, 0.3) is 5.91 Å². The number of hydrogen-bond donors (Lipinski definition) is 2. The minimum absolute atomic E-state index is 0.00487. The van der Waals surface area contributed by atoms with Gasteiger partial charge in [-0.2, -0.15) is 13.2 Å². The number of fused-ring (bicyclic) bond motifs is 1. The van der Waals surface area contributed by atoms with Gasteiger partial charge in [0.2, 0.25) is 0 Å². The molecule has 0 aromatic heterocycles. The summed E-state index contributed by atoms with van der Waals surface area (Å²) < 4.78 is 60.5. The molecule has 8 nitrogen and oxygen atoms in total. The van der Waals surface area contributed by atoms with Crippen molar-refractivity contribution >= 4 is 17.6 Å². The van der Waals surface area contributed by atoms with Crippen molar-refractivity contribution in [3.63, 3.8) is 0 Å². The lowest BCUT2D eigenvalue weighted by Gasteiger charge is -2.49. The van der Waals surface area contributed by atoms with Crippen LogP contribution >= 0.6 is 0 Å². The van der Waals surface area contributed by atoms with Gasteiger partial charge < -0.3 is 24.7 Å². The summed E-state index contributed by atoms with van der Waals surface area (Å²) in [4.78, 5) is 31.2. The summed E-state index contributed by atoms with van der Waals surface area (Å²) >= 11 is 0. The molecule has 3 heterocycles. The second kappa shape index (κ2) is 11.0. The standard InChI is InChI=1S/C31H35F4N3O5/c1-18-14-36(10-11-38(18)22-5-7-26(32)25(13-22)28(40)41)23-8-9-30(43-17-23,20-2-3-20)29(42)37-15-19-12-21(31(33,34)35)4-6-24(19)27(39)16-37/h4-7,12-13,18,20,23,27,39H,2-3,8-11,14-17H2,1H3,(H,40,41)/t18?,23-,27?,30+/m1/s1. The van der Waals surface area contributed by atoms with Crippen molar-refractivity contribution in [2.75, 3.05) is 37.7 Å². The van der Waals surface area contributed by atoms with Crippen LogP contribution in [0.15, 0.2) is 36.4 Å². The zero-order valence-electron chi connectivity index (χ0n) is 23.8. The summed E-state index contributed by atoms with van der Waals surface area (Å²) in [5, 5.41) is 20.0. The van der Waals surface area contributed by atoms with Crippen molar-refractivity contribution in [3.8, 4) is 0 Å². The average molecular weight is 606 g/mol. The smallest absolute Gasteiger partial charge is 0.416 e. The molecule has 1 saturated carbocycles. The third-order valence-electron chi connectivity index (χ3n) is 9.54. The van der Waals surface area contributed by atoms with E-state index in [0.717, 1.165) is 25.0 Å². The van der Waals surface area contributed by atoms with Crippen LogP contribution in [0.3, 0.4) is 0 Å². The van der Waals surface area contributed by atoms with Crippen LogP contribution in [-0.2, 0) is 22.3 Å². The predicted octanol–water partition coefficient (Wildman–Crippen LogP) is 4.46. The van der Waals surface area contributed by atoms with Crippen molar-refractivity contribution in [2.45, 2.75) is 69.1 Å². The first-order chi connectivity index (χ1) is 20.4.